The third-order valence-electron chi connectivity index (χ3n) is 5.37. The molecule has 0 saturated carbocycles. The number of sulfonamides is 1. The smallest absolute Gasteiger partial charge is 0.261 e. The van der Waals surface area contributed by atoms with E-state index in [1.165, 1.54) is 5.56 Å². The Kier molecular flexibility index (Phi) is 6.74. The van der Waals surface area contributed by atoms with Crippen LogP contribution in [0.3, 0.4) is 0 Å². The summed E-state index contributed by atoms with van der Waals surface area (Å²) >= 11 is 0. The van der Waals surface area contributed by atoms with Gasteiger partial charge in [0, 0.05) is 0 Å². The fraction of sp³-hybridized carbons (Fsp3) is 0.269. The van der Waals surface area contributed by atoms with Gasteiger partial charge in [-0.2, -0.15) is 0 Å². The van der Waals surface area contributed by atoms with E-state index in [0.29, 0.717) is 0 Å². The number of aryl methyl sites for hydroxylation is 1. The van der Waals surface area contributed by atoms with Crippen molar-refractivity contribution in [1.29, 1.82) is 0 Å². The first-order valence-electron chi connectivity index (χ1n) is 10.6. The number of anilines is 1. The van der Waals surface area contributed by atoms with Gasteiger partial charge in [0.05, 0.1) is 22.2 Å². The van der Waals surface area contributed by atoms with Crippen LogP contribution in [0.15, 0.2) is 77.7 Å². The summed E-state index contributed by atoms with van der Waals surface area (Å²) in [6, 6.07) is 21.1. The number of hydrogen-bond donors (Lipinski definition) is 2. The third-order valence-corrected chi connectivity index (χ3v) is 6.75. The van der Waals surface area contributed by atoms with Gasteiger partial charge in [-0.15, -0.1) is 0 Å². The fourth-order valence-electron chi connectivity index (χ4n) is 3.32. The molecule has 1 unspecified atom stereocenters. The summed E-state index contributed by atoms with van der Waals surface area (Å²) in [7, 11) is -3.82. The van der Waals surface area contributed by atoms with E-state index in [1.807, 2.05) is 26.0 Å². The number of amides is 1. The molecule has 3 aromatic rings. The molecule has 0 aliphatic carbocycles. The molecular formula is C26H30N2O3S. The normalized spacial score (nSPS) is 12.8. The van der Waals surface area contributed by atoms with E-state index in [-0.39, 0.29) is 33.5 Å². The number of benzene rings is 3. The minimum Gasteiger partial charge on any atom is -0.345 e. The SMILES string of the molecule is Cc1ccc(S(=O)(=O)Nc2ccccc2C(=O)NC(C)c2ccc(C(C)(C)C)cc2)cc1. The van der Waals surface area contributed by atoms with Gasteiger partial charge in [-0.05, 0) is 54.7 Å². The molecule has 6 heteroatoms. The molecule has 0 radical (unpaired) electrons. The molecule has 0 fully saturated rings. The fourth-order valence-corrected chi connectivity index (χ4v) is 4.40. The van der Waals surface area contributed by atoms with Crippen molar-refractivity contribution in [2.24, 2.45) is 0 Å². The Morgan fingerprint density at radius 2 is 1.47 bits per heavy atom. The Labute approximate surface area is 190 Å². The van der Waals surface area contributed by atoms with Crippen molar-refractivity contribution < 1.29 is 13.2 Å². The monoisotopic (exact) mass is 450 g/mol. The first-order valence-corrected chi connectivity index (χ1v) is 12.1. The van der Waals surface area contributed by atoms with Crippen molar-refractivity contribution >= 4 is 21.6 Å². The maximum atomic E-state index is 13.0. The average Bonchev–Trinajstić information content (AvgIpc) is 2.73. The zero-order valence-electron chi connectivity index (χ0n) is 19.1. The van der Waals surface area contributed by atoms with Crippen LogP contribution in [-0.4, -0.2) is 14.3 Å². The van der Waals surface area contributed by atoms with Crippen molar-refractivity contribution in [2.75, 3.05) is 4.72 Å². The molecule has 32 heavy (non-hydrogen) atoms. The lowest BCUT2D eigenvalue weighted by molar-refractivity contribution is 0.0941. The highest BCUT2D eigenvalue weighted by Gasteiger charge is 2.20. The van der Waals surface area contributed by atoms with E-state index in [0.717, 1.165) is 11.1 Å². The van der Waals surface area contributed by atoms with Crippen molar-refractivity contribution in [3.63, 3.8) is 0 Å². The van der Waals surface area contributed by atoms with Crippen molar-refractivity contribution in [1.82, 2.24) is 5.32 Å². The average molecular weight is 451 g/mol. The summed E-state index contributed by atoms with van der Waals surface area (Å²) in [5.74, 6) is -0.348. The molecule has 0 bridgehead atoms. The molecule has 1 atom stereocenters. The van der Waals surface area contributed by atoms with Crippen molar-refractivity contribution in [2.45, 2.75) is 51.0 Å². The minimum absolute atomic E-state index is 0.0541. The van der Waals surface area contributed by atoms with Crippen molar-refractivity contribution in [3.05, 3.63) is 95.1 Å². The highest BCUT2D eigenvalue weighted by Crippen LogP contribution is 2.25. The second kappa shape index (κ2) is 9.17. The Balaban J connectivity index is 1.79. The number of rotatable bonds is 6. The van der Waals surface area contributed by atoms with E-state index in [2.05, 4.69) is 42.9 Å². The van der Waals surface area contributed by atoms with Gasteiger partial charge in [-0.25, -0.2) is 8.42 Å². The molecule has 0 aliphatic heterocycles. The molecule has 0 heterocycles. The van der Waals surface area contributed by atoms with Crippen LogP contribution >= 0.6 is 0 Å². The topological polar surface area (TPSA) is 75.3 Å². The summed E-state index contributed by atoms with van der Waals surface area (Å²) in [5, 5.41) is 2.97. The van der Waals surface area contributed by atoms with Gasteiger partial charge in [-0.1, -0.05) is 74.9 Å². The molecule has 0 spiro atoms. The molecule has 3 rings (SSSR count). The second-order valence-electron chi connectivity index (χ2n) is 9.03. The summed E-state index contributed by atoms with van der Waals surface area (Å²) in [6.07, 6.45) is 0. The maximum absolute atomic E-state index is 13.0. The highest BCUT2D eigenvalue weighted by molar-refractivity contribution is 7.92. The Hall–Kier alpha value is -3.12. The zero-order chi connectivity index (χ0) is 23.5. The summed E-state index contributed by atoms with van der Waals surface area (Å²) < 4.78 is 28.2. The third kappa shape index (κ3) is 5.56. The Morgan fingerprint density at radius 1 is 0.875 bits per heavy atom. The minimum atomic E-state index is -3.82. The molecule has 2 N–H and O–H groups in total. The van der Waals surface area contributed by atoms with Gasteiger partial charge in [0.1, 0.15) is 0 Å². The molecule has 1 amide bonds. The first kappa shape index (κ1) is 23.5. The van der Waals surface area contributed by atoms with Crippen LogP contribution in [0.5, 0.6) is 0 Å². The number of carbonyl (C=O) groups excluding carboxylic acids is 1. The van der Waals surface area contributed by atoms with Crippen LogP contribution in [0, 0.1) is 6.92 Å². The largest absolute Gasteiger partial charge is 0.345 e. The standard InChI is InChI=1S/C26H30N2O3S/c1-18-10-16-22(17-11-18)32(30,31)28-24-9-7-6-8-23(24)25(29)27-19(2)20-12-14-21(15-13-20)26(3,4)5/h6-17,19,28H,1-5H3,(H,27,29). The predicted molar refractivity (Wildman–Crippen MR) is 129 cm³/mol. The quantitative estimate of drug-likeness (QED) is 0.514. The molecule has 0 aromatic heterocycles. The lowest BCUT2D eigenvalue weighted by atomic mass is 9.86. The lowest BCUT2D eigenvalue weighted by Gasteiger charge is -2.21. The summed E-state index contributed by atoms with van der Waals surface area (Å²) in [5.41, 5.74) is 3.72. The number of carbonyl (C=O) groups is 1. The lowest BCUT2D eigenvalue weighted by Crippen LogP contribution is -2.28. The van der Waals surface area contributed by atoms with Crippen LogP contribution in [0.25, 0.3) is 0 Å². The van der Waals surface area contributed by atoms with E-state index in [9.17, 15) is 13.2 Å². The van der Waals surface area contributed by atoms with Gasteiger partial charge < -0.3 is 5.32 Å². The number of hydrogen-bond acceptors (Lipinski definition) is 3. The van der Waals surface area contributed by atoms with E-state index >= 15 is 0 Å². The van der Waals surface area contributed by atoms with Gasteiger partial charge in [0.15, 0.2) is 0 Å². The van der Waals surface area contributed by atoms with Gasteiger partial charge in [0.2, 0.25) is 0 Å². The molecule has 3 aromatic carbocycles. The van der Waals surface area contributed by atoms with E-state index in [4.69, 9.17) is 0 Å². The van der Waals surface area contributed by atoms with Crippen molar-refractivity contribution in [3.8, 4) is 0 Å². The van der Waals surface area contributed by atoms with Gasteiger partial charge in [0.25, 0.3) is 15.9 Å². The Morgan fingerprint density at radius 3 is 2.06 bits per heavy atom. The first-order chi connectivity index (χ1) is 15.0. The summed E-state index contributed by atoms with van der Waals surface area (Å²) in [4.78, 5) is 13.1. The van der Waals surface area contributed by atoms with E-state index < -0.39 is 10.0 Å². The second-order valence-corrected chi connectivity index (χ2v) is 10.7. The van der Waals surface area contributed by atoms with Crippen LogP contribution < -0.4 is 10.0 Å². The molecule has 0 aliphatic rings. The number of para-hydroxylation sites is 1. The summed E-state index contributed by atoms with van der Waals surface area (Å²) in [6.45, 7) is 10.3. The molecule has 0 saturated heterocycles. The molecular weight excluding hydrogens is 420 g/mol. The van der Waals surface area contributed by atoms with Crippen LogP contribution in [0.2, 0.25) is 0 Å². The van der Waals surface area contributed by atoms with E-state index in [1.54, 1.807) is 48.5 Å². The van der Waals surface area contributed by atoms with Gasteiger partial charge >= 0.3 is 0 Å². The molecule has 168 valence electrons. The molecule has 5 nitrogen and oxygen atoms in total. The maximum Gasteiger partial charge on any atom is 0.261 e. The van der Waals surface area contributed by atoms with Crippen LogP contribution in [0.4, 0.5) is 5.69 Å². The van der Waals surface area contributed by atoms with Crippen LogP contribution in [-0.2, 0) is 15.4 Å². The number of nitrogens with one attached hydrogen (secondary N) is 2. The predicted octanol–water partition coefficient (Wildman–Crippen LogP) is 5.58. The van der Waals surface area contributed by atoms with Gasteiger partial charge in [-0.3, -0.25) is 9.52 Å². The Bertz CT molecular complexity index is 1190. The van der Waals surface area contributed by atoms with Crippen LogP contribution in [0.1, 0.15) is 60.8 Å². The highest BCUT2D eigenvalue weighted by atomic mass is 32.2. The zero-order valence-corrected chi connectivity index (χ0v) is 20.0.